The molecule has 1 N–H and O–H groups in total. The van der Waals surface area contributed by atoms with E-state index in [1.165, 1.54) is 12.1 Å². The maximum absolute atomic E-state index is 11.0. The summed E-state index contributed by atoms with van der Waals surface area (Å²) in [6, 6.07) is 2.90. The third kappa shape index (κ3) is 3.08. The van der Waals surface area contributed by atoms with Gasteiger partial charge in [-0.15, -0.1) is 0 Å². The fourth-order valence-corrected chi connectivity index (χ4v) is 1.36. The molecule has 16 heavy (non-hydrogen) atoms. The molecule has 0 unspecified atom stereocenters. The highest BCUT2D eigenvalue weighted by Crippen LogP contribution is 2.19. The minimum atomic E-state index is -1.02. The van der Waals surface area contributed by atoms with E-state index >= 15 is 0 Å². The number of methoxy groups -OCH3 is 1. The number of hydrogen-bond donors (Lipinski definition) is 1. The maximum atomic E-state index is 11.0. The first-order valence-corrected chi connectivity index (χ1v) is 5.04. The zero-order valence-corrected chi connectivity index (χ0v) is 9.86. The maximum Gasteiger partial charge on any atom is 0.339 e. The molecule has 0 bridgehead atoms. The number of aromatic nitrogens is 1. The molecular formula is C10H13ClN2O3. The highest BCUT2D eigenvalue weighted by Gasteiger charge is 2.15. The van der Waals surface area contributed by atoms with Crippen molar-refractivity contribution in [2.75, 3.05) is 32.2 Å². The quantitative estimate of drug-likeness (QED) is 0.796. The number of anilines is 1. The molecule has 0 fully saturated rings. The number of carbonyl (C=O) groups is 1. The van der Waals surface area contributed by atoms with Crippen molar-refractivity contribution in [2.24, 2.45) is 0 Å². The standard InChI is InChI=1S/C10H13ClN2O3/c1-13(5-6-16-2)9-7(10(14)15)3-4-8(11)12-9/h3-4H,5-6H2,1-2H3,(H,14,15). The molecule has 0 radical (unpaired) electrons. The molecule has 0 aliphatic carbocycles. The third-order valence-electron chi connectivity index (χ3n) is 2.06. The summed E-state index contributed by atoms with van der Waals surface area (Å²) in [5, 5.41) is 9.26. The van der Waals surface area contributed by atoms with E-state index in [-0.39, 0.29) is 10.7 Å². The summed E-state index contributed by atoms with van der Waals surface area (Å²) in [5.41, 5.74) is 0.128. The molecule has 0 aromatic carbocycles. The van der Waals surface area contributed by atoms with Gasteiger partial charge in [0.1, 0.15) is 16.5 Å². The Morgan fingerprint density at radius 2 is 2.31 bits per heavy atom. The van der Waals surface area contributed by atoms with Crippen LogP contribution >= 0.6 is 11.6 Å². The summed E-state index contributed by atoms with van der Waals surface area (Å²) in [5.74, 6) is -0.680. The first kappa shape index (κ1) is 12.7. The number of likely N-dealkylation sites (N-methyl/N-ethyl adjacent to an activating group) is 1. The van der Waals surface area contributed by atoms with E-state index in [0.717, 1.165) is 0 Å². The minimum absolute atomic E-state index is 0.128. The smallest absolute Gasteiger partial charge is 0.339 e. The van der Waals surface area contributed by atoms with Gasteiger partial charge >= 0.3 is 5.97 Å². The zero-order valence-electron chi connectivity index (χ0n) is 9.11. The van der Waals surface area contributed by atoms with Crippen molar-refractivity contribution in [2.45, 2.75) is 0 Å². The molecule has 0 saturated heterocycles. The van der Waals surface area contributed by atoms with Crippen molar-refractivity contribution in [3.63, 3.8) is 0 Å². The normalized spacial score (nSPS) is 10.2. The average molecular weight is 245 g/mol. The van der Waals surface area contributed by atoms with Crippen LogP contribution in [-0.4, -0.2) is 43.4 Å². The molecule has 0 saturated carbocycles. The van der Waals surface area contributed by atoms with Crippen LogP contribution in [0.3, 0.4) is 0 Å². The van der Waals surface area contributed by atoms with E-state index in [2.05, 4.69) is 4.98 Å². The summed E-state index contributed by atoms with van der Waals surface area (Å²) >= 11 is 5.74. The van der Waals surface area contributed by atoms with Gasteiger partial charge in [0.15, 0.2) is 0 Å². The SMILES string of the molecule is COCCN(C)c1nc(Cl)ccc1C(=O)O. The van der Waals surface area contributed by atoms with Crippen LogP contribution in [0.15, 0.2) is 12.1 Å². The molecule has 1 aromatic heterocycles. The summed E-state index contributed by atoms with van der Waals surface area (Å²) in [6.07, 6.45) is 0. The lowest BCUT2D eigenvalue weighted by molar-refractivity contribution is 0.0697. The number of carboxylic acids is 1. The van der Waals surface area contributed by atoms with Crippen LogP contribution < -0.4 is 4.90 Å². The topological polar surface area (TPSA) is 62.7 Å². The second-order valence-corrected chi connectivity index (χ2v) is 3.61. The predicted molar refractivity (Wildman–Crippen MR) is 61.4 cm³/mol. The zero-order chi connectivity index (χ0) is 12.1. The molecule has 0 atom stereocenters. The van der Waals surface area contributed by atoms with Crippen molar-refractivity contribution in [1.29, 1.82) is 0 Å². The Hall–Kier alpha value is -1.33. The van der Waals surface area contributed by atoms with E-state index in [9.17, 15) is 4.79 Å². The van der Waals surface area contributed by atoms with Crippen molar-refractivity contribution >= 4 is 23.4 Å². The molecule has 0 aliphatic rings. The molecule has 1 rings (SSSR count). The van der Waals surface area contributed by atoms with Crippen LogP contribution in [0.1, 0.15) is 10.4 Å². The van der Waals surface area contributed by atoms with E-state index in [4.69, 9.17) is 21.4 Å². The molecule has 1 aromatic rings. The van der Waals surface area contributed by atoms with Crippen molar-refractivity contribution < 1.29 is 14.6 Å². The Morgan fingerprint density at radius 1 is 1.62 bits per heavy atom. The summed E-state index contributed by atoms with van der Waals surface area (Å²) in [6.45, 7) is 1.04. The number of halogens is 1. The molecular weight excluding hydrogens is 232 g/mol. The van der Waals surface area contributed by atoms with E-state index in [1.54, 1.807) is 19.1 Å². The Balaban J connectivity index is 2.99. The van der Waals surface area contributed by atoms with Crippen LogP contribution in [0.4, 0.5) is 5.82 Å². The van der Waals surface area contributed by atoms with Crippen molar-refractivity contribution in [1.82, 2.24) is 4.98 Å². The summed E-state index contributed by atoms with van der Waals surface area (Å²) < 4.78 is 4.91. The monoisotopic (exact) mass is 244 g/mol. The summed E-state index contributed by atoms with van der Waals surface area (Å²) in [7, 11) is 3.32. The first-order chi connectivity index (χ1) is 7.56. The van der Waals surface area contributed by atoms with Gasteiger partial charge in [0.2, 0.25) is 0 Å². The minimum Gasteiger partial charge on any atom is -0.478 e. The highest BCUT2D eigenvalue weighted by atomic mass is 35.5. The number of hydrogen-bond acceptors (Lipinski definition) is 4. The Bertz CT molecular complexity index is 384. The third-order valence-corrected chi connectivity index (χ3v) is 2.27. The van der Waals surface area contributed by atoms with Crippen LogP contribution in [0, 0.1) is 0 Å². The van der Waals surface area contributed by atoms with Gasteiger partial charge in [-0.25, -0.2) is 9.78 Å². The molecule has 0 aliphatic heterocycles. The Labute approximate surface area is 98.6 Å². The summed E-state index contributed by atoms with van der Waals surface area (Å²) in [4.78, 5) is 16.7. The first-order valence-electron chi connectivity index (χ1n) is 4.66. The number of ether oxygens (including phenoxy) is 1. The molecule has 5 nitrogen and oxygen atoms in total. The van der Waals surface area contributed by atoms with Crippen LogP contribution in [-0.2, 0) is 4.74 Å². The van der Waals surface area contributed by atoms with Gasteiger partial charge in [-0.1, -0.05) is 11.6 Å². The number of nitrogens with zero attached hydrogens (tertiary/aromatic N) is 2. The Morgan fingerprint density at radius 3 is 2.88 bits per heavy atom. The lowest BCUT2D eigenvalue weighted by Crippen LogP contribution is -2.25. The highest BCUT2D eigenvalue weighted by molar-refractivity contribution is 6.29. The van der Waals surface area contributed by atoms with Gasteiger partial charge in [-0.05, 0) is 12.1 Å². The number of rotatable bonds is 5. The largest absolute Gasteiger partial charge is 0.478 e. The molecule has 0 amide bonds. The van der Waals surface area contributed by atoms with Gasteiger partial charge in [-0.3, -0.25) is 0 Å². The van der Waals surface area contributed by atoms with Gasteiger partial charge < -0.3 is 14.7 Å². The fraction of sp³-hybridized carbons (Fsp3) is 0.400. The molecule has 1 heterocycles. The van der Waals surface area contributed by atoms with Crippen LogP contribution in [0.5, 0.6) is 0 Å². The van der Waals surface area contributed by atoms with E-state index < -0.39 is 5.97 Å². The van der Waals surface area contributed by atoms with Crippen molar-refractivity contribution in [3.8, 4) is 0 Å². The number of pyridine rings is 1. The number of carboxylic acid groups (broad SMARTS) is 1. The molecule has 0 spiro atoms. The van der Waals surface area contributed by atoms with E-state index in [1.807, 2.05) is 0 Å². The lowest BCUT2D eigenvalue weighted by atomic mass is 10.2. The van der Waals surface area contributed by atoms with Crippen LogP contribution in [0.25, 0.3) is 0 Å². The molecule has 88 valence electrons. The Kier molecular flexibility index (Phi) is 4.52. The van der Waals surface area contributed by atoms with Gasteiger partial charge in [-0.2, -0.15) is 0 Å². The van der Waals surface area contributed by atoms with Gasteiger partial charge in [0.25, 0.3) is 0 Å². The number of aromatic carboxylic acids is 1. The van der Waals surface area contributed by atoms with Crippen LogP contribution in [0.2, 0.25) is 5.15 Å². The average Bonchev–Trinajstić information content (AvgIpc) is 2.25. The van der Waals surface area contributed by atoms with Gasteiger partial charge in [0.05, 0.1) is 6.61 Å². The molecule has 6 heteroatoms. The van der Waals surface area contributed by atoms with Crippen molar-refractivity contribution in [3.05, 3.63) is 22.8 Å². The second-order valence-electron chi connectivity index (χ2n) is 3.22. The fourth-order valence-electron chi connectivity index (χ4n) is 1.22. The second kappa shape index (κ2) is 5.67. The van der Waals surface area contributed by atoms with E-state index in [0.29, 0.717) is 19.0 Å². The van der Waals surface area contributed by atoms with Gasteiger partial charge in [0, 0.05) is 20.7 Å². The predicted octanol–water partition coefficient (Wildman–Crippen LogP) is 1.52. The lowest BCUT2D eigenvalue weighted by Gasteiger charge is -2.19.